The Morgan fingerprint density at radius 3 is 2.83 bits per heavy atom. The van der Waals surface area contributed by atoms with Gasteiger partial charge in [0, 0.05) is 17.0 Å². The fourth-order valence-electron chi connectivity index (χ4n) is 4.67. The van der Waals surface area contributed by atoms with Gasteiger partial charge in [-0.3, -0.25) is 4.90 Å². The van der Waals surface area contributed by atoms with Crippen molar-refractivity contribution in [2.24, 2.45) is 5.41 Å². The highest BCUT2D eigenvalue weighted by Crippen LogP contribution is 2.63. The van der Waals surface area contributed by atoms with Crippen LogP contribution in [0.15, 0.2) is 30.3 Å². The van der Waals surface area contributed by atoms with Crippen molar-refractivity contribution in [1.29, 1.82) is 0 Å². The molecule has 5 heteroatoms. The molecule has 29 heavy (non-hydrogen) atoms. The van der Waals surface area contributed by atoms with Crippen LogP contribution in [-0.2, 0) is 4.74 Å². The predicted octanol–water partition coefficient (Wildman–Crippen LogP) is 5.16. The molecule has 0 radical (unpaired) electrons. The highest BCUT2D eigenvalue weighted by atomic mass is 16.6. The minimum Gasteiger partial charge on any atom is -0.444 e. The van der Waals surface area contributed by atoms with Crippen LogP contribution < -0.4 is 0 Å². The lowest BCUT2D eigenvalue weighted by Gasteiger charge is -2.29. The molecule has 1 unspecified atom stereocenters. The maximum atomic E-state index is 13.0. The van der Waals surface area contributed by atoms with Crippen LogP contribution in [-0.4, -0.2) is 32.6 Å². The van der Waals surface area contributed by atoms with Gasteiger partial charge in [0.05, 0.1) is 17.1 Å². The van der Waals surface area contributed by atoms with Crippen molar-refractivity contribution < 1.29 is 9.53 Å². The van der Waals surface area contributed by atoms with Crippen molar-refractivity contribution in [1.82, 2.24) is 14.9 Å². The van der Waals surface area contributed by atoms with Crippen LogP contribution in [0.25, 0.3) is 21.8 Å². The Morgan fingerprint density at radius 1 is 1.31 bits per heavy atom. The first-order valence-electron chi connectivity index (χ1n) is 10.1. The van der Waals surface area contributed by atoms with E-state index in [2.05, 4.69) is 17.8 Å². The first kappa shape index (κ1) is 18.1. The molecule has 1 saturated carbocycles. The van der Waals surface area contributed by atoms with Crippen LogP contribution in [0.1, 0.15) is 58.0 Å². The molecule has 2 aliphatic rings. The number of terminal acetylenes is 1. The summed E-state index contributed by atoms with van der Waals surface area (Å²) in [6.07, 6.45) is 7.21. The second-order valence-corrected chi connectivity index (χ2v) is 9.64. The largest absolute Gasteiger partial charge is 0.444 e. The van der Waals surface area contributed by atoms with E-state index >= 15 is 0 Å². The Bertz CT molecular complexity index is 1200. The number of fused-ring (bicyclic) bond motifs is 4. The molecular weight excluding hydrogens is 362 g/mol. The number of rotatable bonds is 1. The van der Waals surface area contributed by atoms with Crippen molar-refractivity contribution >= 4 is 27.9 Å². The van der Waals surface area contributed by atoms with Gasteiger partial charge >= 0.3 is 6.09 Å². The number of likely N-dealkylation sites (tertiary alicyclic amines) is 1. The van der Waals surface area contributed by atoms with E-state index in [0.29, 0.717) is 0 Å². The number of hydrogen-bond acceptors (Lipinski definition) is 3. The monoisotopic (exact) mass is 387 g/mol. The molecule has 3 atom stereocenters. The van der Waals surface area contributed by atoms with Crippen LogP contribution >= 0.6 is 0 Å². The molecular formula is C24H25N3O2. The van der Waals surface area contributed by atoms with Gasteiger partial charge in [-0.15, -0.1) is 6.42 Å². The zero-order chi connectivity index (χ0) is 20.6. The third-order valence-corrected chi connectivity index (χ3v) is 6.21. The van der Waals surface area contributed by atoms with Crippen molar-refractivity contribution in [2.45, 2.75) is 58.2 Å². The third kappa shape index (κ3) is 2.86. The van der Waals surface area contributed by atoms with E-state index in [1.807, 2.05) is 56.0 Å². The van der Waals surface area contributed by atoms with E-state index in [-0.39, 0.29) is 23.6 Å². The zero-order valence-corrected chi connectivity index (χ0v) is 17.2. The van der Waals surface area contributed by atoms with Crippen LogP contribution in [0, 0.1) is 17.8 Å². The molecule has 2 fully saturated rings. The van der Waals surface area contributed by atoms with Crippen LogP contribution in [0.4, 0.5) is 4.79 Å². The number of carbonyl (C=O) groups is 1. The molecule has 2 aromatic carbocycles. The minimum atomic E-state index is -0.520. The molecule has 0 spiro atoms. The molecule has 0 bridgehead atoms. The van der Waals surface area contributed by atoms with E-state index < -0.39 is 5.60 Å². The van der Waals surface area contributed by atoms with Crippen LogP contribution in [0.2, 0.25) is 0 Å². The fraction of sp³-hybridized carbons (Fsp3) is 0.417. The van der Waals surface area contributed by atoms with Gasteiger partial charge in [-0.2, -0.15) is 0 Å². The van der Waals surface area contributed by atoms with Crippen LogP contribution in [0.3, 0.4) is 0 Å². The Morgan fingerprint density at radius 2 is 2.10 bits per heavy atom. The summed E-state index contributed by atoms with van der Waals surface area (Å²) in [6, 6.07) is 10.2. The van der Waals surface area contributed by atoms with Crippen LogP contribution in [0.5, 0.6) is 0 Å². The number of nitrogens with zero attached hydrogens (tertiary/aromatic N) is 2. The Hall–Kier alpha value is -3.00. The van der Waals surface area contributed by atoms with E-state index in [9.17, 15) is 4.79 Å². The van der Waals surface area contributed by atoms with Gasteiger partial charge in [-0.1, -0.05) is 25.0 Å². The maximum Gasteiger partial charge on any atom is 0.411 e. The molecule has 1 aliphatic carbocycles. The minimum absolute atomic E-state index is 0.0963. The number of carbonyl (C=O) groups excluding carboxylic acids is 1. The van der Waals surface area contributed by atoms with Gasteiger partial charge in [-0.05, 0) is 62.6 Å². The van der Waals surface area contributed by atoms with Gasteiger partial charge in [0.25, 0.3) is 0 Å². The Balaban J connectivity index is 1.56. The summed E-state index contributed by atoms with van der Waals surface area (Å²) in [7, 11) is 0. The summed E-state index contributed by atoms with van der Waals surface area (Å²) < 4.78 is 5.71. The predicted molar refractivity (Wildman–Crippen MR) is 113 cm³/mol. The standard InChI is InChI=1S/C24H25N3O2/c1-6-14-7-9-16-15(11-14)8-10-17-20(16)26-21(25-17)18-12-24(5)13-19(24)27(18)22(28)29-23(2,3)4/h1,7-11,18-19H,12-13H2,2-5H3,(H,25,26)/t18-,19?,24-/m0/s1. The van der Waals surface area contributed by atoms with Gasteiger partial charge in [0.2, 0.25) is 0 Å². The average Bonchev–Trinajstić information content (AvgIpc) is 3.02. The van der Waals surface area contributed by atoms with Gasteiger partial charge < -0.3 is 9.72 Å². The second-order valence-electron chi connectivity index (χ2n) is 9.64. The smallest absolute Gasteiger partial charge is 0.411 e. The molecule has 148 valence electrons. The highest BCUT2D eigenvalue weighted by Gasteiger charge is 2.64. The van der Waals surface area contributed by atoms with E-state index in [4.69, 9.17) is 16.1 Å². The molecule has 1 aliphatic heterocycles. The van der Waals surface area contributed by atoms with E-state index in [1.165, 1.54) is 0 Å². The fourth-order valence-corrected chi connectivity index (χ4v) is 4.67. The number of piperidine rings is 1. The first-order chi connectivity index (χ1) is 13.7. The number of benzene rings is 2. The lowest BCUT2D eigenvalue weighted by atomic mass is 10.0. The summed E-state index contributed by atoms with van der Waals surface area (Å²) in [5.41, 5.74) is 2.38. The lowest BCUT2D eigenvalue weighted by molar-refractivity contribution is 0.0175. The number of imidazole rings is 1. The molecule has 3 aromatic rings. The molecule has 1 aromatic heterocycles. The quantitative estimate of drug-likeness (QED) is 0.587. The normalized spacial score (nSPS) is 25.8. The summed E-state index contributed by atoms with van der Waals surface area (Å²) in [6.45, 7) is 7.95. The summed E-state index contributed by atoms with van der Waals surface area (Å²) in [4.78, 5) is 23.2. The lowest BCUT2D eigenvalue weighted by Crippen LogP contribution is -2.38. The molecule has 1 saturated heterocycles. The maximum absolute atomic E-state index is 13.0. The van der Waals surface area contributed by atoms with Gasteiger partial charge in [-0.25, -0.2) is 9.78 Å². The summed E-state index contributed by atoms with van der Waals surface area (Å²) in [5, 5.41) is 2.16. The Kier molecular flexibility index (Phi) is 3.59. The molecule has 5 rings (SSSR count). The number of aromatic amines is 1. The van der Waals surface area contributed by atoms with Crippen molar-refractivity contribution in [3.05, 3.63) is 41.7 Å². The number of amides is 1. The zero-order valence-electron chi connectivity index (χ0n) is 17.2. The number of aromatic nitrogens is 2. The van der Waals surface area contributed by atoms with E-state index in [1.54, 1.807) is 0 Å². The van der Waals surface area contributed by atoms with Crippen molar-refractivity contribution in [3.63, 3.8) is 0 Å². The van der Waals surface area contributed by atoms with Gasteiger partial charge in [0.15, 0.2) is 0 Å². The van der Waals surface area contributed by atoms with E-state index in [0.717, 1.165) is 46.0 Å². The molecule has 1 amide bonds. The van der Waals surface area contributed by atoms with Gasteiger partial charge in [0.1, 0.15) is 11.4 Å². The summed E-state index contributed by atoms with van der Waals surface area (Å²) in [5.74, 6) is 3.51. The average molecular weight is 387 g/mol. The number of hydrogen-bond donors (Lipinski definition) is 1. The molecule has 2 heterocycles. The number of nitrogens with one attached hydrogen (secondary N) is 1. The second kappa shape index (κ2) is 5.76. The van der Waals surface area contributed by atoms with Crippen molar-refractivity contribution in [2.75, 3.05) is 0 Å². The number of H-pyrrole nitrogens is 1. The number of ether oxygens (including phenoxy) is 1. The Labute approximate surface area is 170 Å². The topological polar surface area (TPSA) is 58.2 Å². The first-order valence-corrected chi connectivity index (χ1v) is 10.1. The third-order valence-electron chi connectivity index (χ3n) is 6.21. The van der Waals surface area contributed by atoms with Crippen molar-refractivity contribution in [3.8, 4) is 12.3 Å². The highest BCUT2D eigenvalue weighted by molar-refractivity contribution is 6.04. The molecule has 1 N–H and O–H groups in total. The molecule has 5 nitrogen and oxygen atoms in total. The SMILES string of the molecule is C#Cc1ccc2c(ccc3nc([C@@H]4C[C@@]5(C)CC5N4C(=O)OC(C)(C)C)[nH]c32)c1. The summed E-state index contributed by atoms with van der Waals surface area (Å²) >= 11 is 0.